The molecule has 0 saturated carbocycles. The van der Waals surface area contributed by atoms with Crippen molar-refractivity contribution in [1.82, 2.24) is 0 Å². The quantitative estimate of drug-likeness (QED) is 0.567. The standard InChI is InChI=1S/C19H31NO3/c1-3-4-5-6-7-14-23-17-10-8-16(9-11-17)12-13-19(2,20)15-18(21)22/h8-11H,3-7,12-15,20H2,1-2H3,(H,21,22)/t19-/m0/s1. The van der Waals surface area contributed by atoms with Crippen molar-refractivity contribution in [2.24, 2.45) is 5.73 Å². The predicted molar refractivity (Wildman–Crippen MR) is 93.9 cm³/mol. The van der Waals surface area contributed by atoms with Gasteiger partial charge in [-0.1, -0.05) is 44.7 Å². The van der Waals surface area contributed by atoms with Crippen LogP contribution in [0, 0.1) is 0 Å². The second-order valence-corrected chi connectivity index (χ2v) is 6.63. The van der Waals surface area contributed by atoms with E-state index in [-0.39, 0.29) is 6.42 Å². The number of aryl methyl sites for hydroxylation is 1. The summed E-state index contributed by atoms with van der Waals surface area (Å²) in [5, 5.41) is 8.84. The highest BCUT2D eigenvalue weighted by Crippen LogP contribution is 2.18. The number of unbranched alkanes of at least 4 members (excludes halogenated alkanes) is 4. The third kappa shape index (κ3) is 9.24. The number of ether oxygens (including phenoxy) is 1. The Balaban J connectivity index is 2.29. The number of carbonyl (C=O) groups is 1. The van der Waals surface area contributed by atoms with Crippen LogP contribution in [-0.4, -0.2) is 23.2 Å². The first kappa shape index (κ1) is 19.5. The first-order chi connectivity index (χ1) is 10.9. The third-order valence-corrected chi connectivity index (χ3v) is 3.98. The number of benzene rings is 1. The lowest BCUT2D eigenvalue weighted by molar-refractivity contribution is -0.138. The van der Waals surface area contributed by atoms with Gasteiger partial charge in [0.1, 0.15) is 5.75 Å². The molecule has 0 aliphatic carbocycles. The fraction of sp³-hybridized carbons (Fsp3) is 0.632. The number of carboxylic acid groups (broad SMARTS) is 1. The van der Waals surface area contributed by atoms with E-state index in [1.165, 1.54) is 25.7 Å². The van der Waals surface area contributed by atoms with Gasteiger partial charge in [-0.2, -0.15) is 0 Å². The van der Waals surface area contributed by atoms with Crippen molar-refractivity contribution < 1.29 is 14.6 Å². The topological polar surface area (TPSA) is 72.5 Å². The minimum absolute atomic E-state index is 0.00771. The van der Waals surface area contributed by atoms with Crippen LogP contribution in [0.4, 0.5) is 0 Å². The Kier molecular flexibility index (Phi) is 8.70. The predicted octanol–water partition coefficient (Wildman–Crippen LogP) is 4.16. The number of aliphatic carboxylic acids is 1. The highest BCUT2D eigenvalue weighted by atomic mass is 16.5. The second kappa shape index (κ2) is 10.3. The summed E-state index contributed by atoms with van der Waals surface area (Å²) in [7, 11) is 0. The average Bonchev–Trinajstić information content (AvgIpc) is 2.49. The molecule has 0 radical (unpaired) electrons. The Hall–Kier alpha value is -1.55. The van der Waals surface area contributed by atoms with Gasteiger partial charge in [0.05, 0.1) is 13.0 Å². The minimum Gasteiger partial charge on any atom is -0.494 e. The summed E-state index contributed by atoms with van der Waals surface area (Å²) < 4.78 is 5.74. The lowest BCUT2D eigenvalue weighted by Crippen LogP contribution is -2.38. The SMILES string of the molecule is CCCCCCCOc1ccc(CC[C@](C)(N)CC(=O)O)cc1. The summed E-state index contributed by atoms with van der Waals surface area (Å²) in [4.78, 5) is 10.8. The van der Waals surface area contributed by atoms with E-state index in [1.807, 2.05) is 24.3 Å². The molecule has 1 aromatic carbocycles. The highest BCUT2D eigenvalue weighted by Gasteiger charge is 2.21. The molecule has 0 fully saturated rings. The Bertz CT molecular complexity index is 454. The van der Waals surface area contributed by atoms with Crippen LogP contribution in [-0.2, 0) is 11.2 Å². The van der Waals surface area contributed by atoms with E-state index < -0.39 is 11.5 Å². The van der Waals surface area contributed by atoms with Crippen LogP contribution in [0.15, 0.2) is 24.3 Å². The zero-order chi connectivity index (χ0) is 17.1. The summed E-state index contributed by atoms with van der Waals surface area (Å²) in [6.07, 6.45) is 7.59. The van der Waals surface area contributed by atoms with Gasteiger partial charge in [0.2, 0.25) is 0 Å². The molecule has 0 saturated heterocycles. The molecule has 0 aliphatic heterocycles. The number of carboxylic acids is 1. The van der Waals surface area contributed by atoms with Crippen LogP contribution >= 0.6 is 0 Å². The lowest BCUT2D eigenvalue weighted by Gasteiger charge is -2.22. The average molecular weight is 321 g/mol. The molecule has 4 heteroatoms. The van der Waals surface area contributed by atoms with E-state index in [0.29, 0.717) is 6.42 Å². The van der Waals surface area contributed by atoms with E-state index in [1.54, 1.807) is 6.92 Å². The van der Waals surface area contributed by atoms with Gasteiger partial charge in [0.15, 0.2) is 0 Å². The Morgan fingerprint density at radius 2 is 1.83 bits per heavy atom. The van der Waals surface area contributed by atoms with Gasteiger partial charge in [-0.05, 0) is 43.9 Å². The van der Waals surface area contributed by atoms with Gasteiger partial charge in [-0.15, -0.1) is 0 Å². The van der Waals surface area contributed by atoms with Gasteiger partial charge in [0, 0.05) is 5.54 Å². The fourth-order valence-electron chi connectivity index (χ4n) is 2.51. The maximum Gasteiger partial charge on any atom is 0.305 e. The van der Waals surface area contributed by atoms with Gasteiger partial charge >= 0.3 is 5.97 Å². The summed E-state index contributed by atoms with van der Waals surface area (Å²) in [6, 6.07) is 8.02. The molecule has 0 bridgehead atoms. The molecular formula is C19H31NO3. The molecule has 0 spiro atoms. The van der Waals surface area contributed by atoms with Crippen LogP contribution in [0.25, 0.3) is 0 Å². The number of nitrogens with two attached hydrogens (primary N) is 1. The normalized spacial score (nSPS) is 13.5. The second-order valence-electron chi connectivity index (χ2n) is 6.63. The van der Waals surface area contributed by atoms with Crippen LogP contribution < -0.4 is 10.5 Å². The van der Waals surface area contributed by atoms with Crippen molar-refractivity contribution in [2.45, 2.75) is 70.8 Å². The van der Waals surface area contributed by atoms with Crippen molar-refractivity contribution >= 4 is 5.97 Å². The zero-order valence-electron chi connectivity index (χ0n) is 14.5. The van der Waals surface area contributed by atoms with E-state index in [9.17, 15) is 4.79 Å². The summed E-state index contributed by atoms with van der Waals surface area (Å²) in [5.74, 6) is 0.0444. The molecule has 0 amide bonds. The van der Waals surface area contributed by atoms with Crippen molar-refractivity contribution in [3.05, 3.63) is 29.8 Å². The lowest BCUT2D eigenvalue weighted by atomic mass is 9.91. The Morgan fingerprint density at radius 1 is 1.17 bits per heavy atom. The smallest absolute Gasteiger partial charge is 0.305 e. The maximum absolute atomic E-state index is 10.8. The highest BCUT2D eigenvalue weighted by molar-refractivity contribution is 5.68. The molecule has 23 heavy (non-hydrogen) atoms. The fourth-order valence-corrected chi connectivity index (χ4v) is 2.51. The largest absolute Gasteiger partial charge is 0.494 e. The minimum atomic E-state index is -0.849. The van der Waals surface area contributed by atoms with Crippen molar-refractivity contribution in [2.75, 3.05) is 6.61 Å². The molecule has 1 aromatic rings. The summed E-state index contributed by atoms with van der Waals surface area (Å²) in [6.45, 7) is 4.77. The van der Waals surface area contributed by atoms with Crippen molar-refractivity contribution in [3.63, 3.8) is 0 Å². The first-order valence-corrected chi connectivity index (χ1v) is 8.65. The molecule has 130 valence electrons. The van der Waals surface area contributed by atoms with E-state index >= 15 is 0 Å². The molecule has 0 unspecified atom stereocenters. The van der Waals surface area contributed by atoms with Gasteiger partial charge in [-0.3, -0.25) is 4.79 Å². The van der Waals surface area contributed by atoms with Gasteiger partial charge in [0.25, 0.3) is 0 Å². The number of hydrogen-bond donors (Lipinski definition) is 2. The zero-order valence-corrected chi connectivity index (χ0v) is 14.5. The van der Waals surface area contributed by atoms with Crippen LogP contribution in [0.1, 0.15) is 64.4 Å². The number of hydrogen-bond acceptors (Lipinski definition) is 3. The van der Waals surface area contributed by atoms with E-state index in [2.05, 4.69) is 6.92 Å². The first-order valence-electron chi connectivity index (χ1n) is 8.65. The molecule has 4 nitrogen and oxygen atoms in total. The van der Waals surface area contributed by atoms with E-state index in [4.69, 9.17) is 15.6 Å². The summed E-state index contributed by atoms with van der Waals surface area (Å²) >= 11 is 0. The molecule has 0 heterocycles. The van der Waals surface area contributed by atoms with Crippen LogP contribution in [0.5, 0.6) is 5.75 Å². The third-order valence-electron chi connectivity index (χ3n) is 3.98. The summed E-state index contributed by atoms with van der Waals surface area (Å²) in [5.41, 5.74) is 6.49. The van der Waals surface area contributed by atoms with Crippen molar-refractivity contribution in [1.29, 1.82) is 0 Å². The Labute approximate surface area is 140 Å². The molecule has 0 aromatic heterocycles. The van der Waals surface area contributed by atoms with Gasteiger partial charge < -0.3 is 15.6 Å². The molecule has 1 rings (SSSR count). The molecule has 1 atom stereocenters. The monoisotopic (exact) mass is 321 g/mol. The molecule has 0 aliphatic rings. The molecular weight excluding hydrogens is 290 g/mol. The maximum atomic E-state index is 10.8. The van der Waals surface area contributed by atoms with Crippen LogP contribution in [0.2, 0.25) is 0 Å². The van der Waals surface area contributed by atoms with Crippen LogP contribution in [0.3, 0.4) is 0 Å². The van der Waals surface area contributed by atoms with E-state index in [0.717, 1.165) is 30.8 Å². The molecule has 3 N–H and O–H groups in total. The van der Waals surface area contributed by atoms with Crippen molar-refractivity contribution in [3.8, 4) is 5.75 Å². The Morgan fingerprint density at radius 3 is 2.43 bits per heavy atom. The number of rotatable bonds is 12. The van der Waals surface area contributed by atoms with Gasteiger partial charge in [-0.25, -0.2) is 0 Å².